The molecule has 4 aromatic heterocycles. The van der Waals surface area contributed by atoms with Crippen molar-refractivity contribution < 1.29 is 24.5 Å². The van der Waals surface area contributed by atoms with Crippen LogP contribution in [0.1, 0.15) is 48.7 Å². The number of pyridine rings is 3. The molecule has 5 heteroatoms. The summed E-state index contributed by atoms with van der Waals surface area (Å²) in [6, 6.07) is 38.2. The van der Waals surface area contributed by atoms with Gasteiger partial charge in [0.15, 0.2) is 0 Å². The third kappa shape index (κ3) is 7.56. The van der Waals surface area contributed by atoms with E-state index in [1.54, 1.807) is 6.20 Å². The van der Waals surface area contributed by atoms with Crippen LogP contribution >= 0.6 is 0 Å². The number of nitrogens with zero attached hydrogens (tertiary/aromatic N) is 3. The molecule has 257 valence electrons. The van der Waals surface area contributed by atoms with Gasteiger partial charge in [-0.05, 0) is 78.2 Å². The average molecular weight is 844 g/mol. The fourth-order valence-electron chi connectivity index (χ4n) is 6.54. The van der Waals surface area contributed by atoms with Gasteiger partial charge in [0.2, 0.25) is 0 Å². The van der Waals surface area contributed by atoms with Gasteiger partial charge < -0.3 is 14.4 Å². The zero-order valence-corrected chi connectivity index (χ0v) is 32.6. The first kappa shape index (κ1) is 35.9. The molecule has 4 aromatic carbocycles. The third-order valence-electron chi connectivity index (χ3n) is 9.24. The molecule has 0 amide bonds. The van der Waals surface area contributed by atoms with Crippen LogP contribution in [0.4, 0.5) is 0 Å². The monoisotopic (exact) mass is 844 g/mol. The molecule has 0 fully saturated rings. The molecule has 4 nitrogen and oxygen atoms in total. The van der Waals surface area contributed by atoms with E-state index in [4.69, 9.17) is 4.42 Å². The normalized spacial score (nSPS) is 11.4. The Morgan fingerprint density at radius 3 is 2.20 bits per heavy atom. The fourth-order valence-corrected chi connectivity index (χ4v) is 6.54. The number of aryl methyl sites for hydroxylation is 4. The molecule has 8 aromatic rings. The molecule has 8 rings (SSSR count). The van der Waals surface area contributed by atoms with Crippen molar-refractivity contribution >= 4 is 32.7 Å². The van der Waals surface area contributed by atoms with E-state index in [1.807, 2.05) is 55.7 Å². The summed E-state index contributed by atoms with van der Waals surface area (Å²) in [7, 11) is 0. The predicted octanol–water partition coefficient (Wildman–Crippen LogP) is 12.0. The Kier molecular flexibility index (Phi) is 10.3. The number of aromatic nitrogens is 3. The Bertz CT molecular complexity index is 2480. The van der Waals surface area contributed by atoms with Crippen molar-refractivity contribution in [1.29, 1.82) is 0 Å². The van der Waals surface area contributed by atoms with Crippen LogP contribution in [-0.2, 0) is 26.5 Å². The van der Waals surface area contributed by atoms with Crippen molar-refractivity contribution in [3.8, 4) is 33.6 Å². The number of furan rings is 1. The van der Waals surface area contributed by atoms with Crippen molar-refractivity contribution in [2.75, 3.05) is 0 Å². The van der Waals surface area contributed by atoms with E-state index in [9.17, 15) is 0 Å². The van der Waals surface area contributed by atoms with E-state index in [0.717, 1.165) is 67.3 Å². The summed E-state index contributed by atoms with van der Waals surface area (Å²) in [6.45, 7) is 15.2. The summed E-state index contributed by atoms with van der Waals surface area (Å²) < 4.78 is 6.32. The molecule has 0 unspecified atom stereocenters. The number of hydrogen-bond donors (Lipinski definition) is 0. The smallest absolute Gasteiger partial charge is 0.130 e. The second-order valence-electron chi connectivity index (χ2n) is 14.4. The van der Waals surface area contributed by atoms with Crippen molar-refractivity contribution in [1.82, 2.24) is 15.0 Å². The average Bonchev–Trinajstić information content (AvgIpc) is 3.49. The first-order valence-corrected chi connectivity index (χ1v) is 17.1. The van der Waals surface area contributed by atoms with Gasteiger partial charge >= 0.3 is 0 Å². The second kappa shape index (κ2) is 14.7. The zero-order chi connectivity index (χ0) is 35.0. The Labute approximate surface area is 314 Å². The SMILES string of the molecule is Cc1cnc(-c2[c-]cc(C)c(-c3ccc(CC(C)(C)C)cc3)c2)cc1C.Cc1nccc2ccc3c4cc[c-]c(-c5ccccn5)c4oc3c12.[Ir]. The molecule has 0 saturated heterocycles. The minimum Gasteiger partial charge on any atom is -0.500 e. The Morgan fingerprint density at radius 2 is 1.47 bits per heavy atom. The quantitative estimate of drug-likeness (QED) is 0.166. The predicted molar refractivity (Wildman–Crippen MR) is 207 cm³/mol. The number of rotatable bonds is 4. The van der Waals surface area contributed by atoms with Crippen molar-refractivity contribution in [3.63, 3.8) is 0 Å². The molecule has 51 heavy (non-hydrogen) atoms. The van der Waals surface area contributed by atoms with Crippen molar-refractivity contribution in [2.45, 2.75) is 54.9 Å². The van der Waals surface area contributed by atoms with Gasteiger partial charge in [0.05, 0.1) is 5.58 Å². The van der Waals surface area contributed by atoms with Crippen LogP contribution in [0.25, 0.3) is 66.4 Å². The van der Waals surface area contributed by atoms with Crippen LogP contribution in [0.2, 0.25) is 0 Å². The maximum atomic E-state index is 6.32. The van der Waals surface area contributed by atoms with E-state index in [-0.39, 0.29) is 20.1 Å². The number of hydrogen-bond acceptors (Lipinski definition) is 4. The summed E-state index contributed by atoms with van der Waals surface area (Å²) in [5, 5.41) is 4.38. The van der Waals surface area contributed by atoms with E-state index >= 15 is 0 Å². The molecule has 0 saturated carbocycles. The Balaban J connectivity index is 0.000000173. The largest absolute Gasteiger partial charge is 0.500 e. The molecule has 0 N–H and O–H groups in total. The molecular weight excluding hydrogens is 803 g/mol. The zero-order valence-electron chi connectivity index (χ0n) is 30.2. The van der Waals surface area contributed by atoms with Crippen LogP contribution in [-0.4, -0.2) is 15.0 Å². The first-order chi connectivity index (χ1) is 24.1. The second-order valence-corrected chi connectivity index (χ2v) is 14.4. The van der Waals surface area contributed by atoms with Crippen LogP contribution in [0, 0.1) is 45.2 Å². The van der Waals surface area contributed by atoms with Gasteiger partial charge in [-0.25, -0.2) is 0 Å². The summed E-state index contributed by atoms with van der Waals surface area (Å²) in [5.41, 5.74) is 14.4. The van der Waals surface area contributed by atoms with Crippen LogP contribution in [0.15, 0.2) is 114 Å². The molecule has 1 radical (unpaired) electrons. The van der Waals surface area contributed by atoms with Gasteiger partial charge in [0.1, 0.15) is 5.58 Å². The molecule has 4 heterocycles. The maximum absolute atomic E-state index is 6.32. The molecule has 0 aliphatic heterocycles. The maximum Gasteiger partial charge on any atom is 0.130 e. The topological polar surface area (TPSA) is 51.8 Å². The summed E-state index contributed by atoms with van der Waals surface area (Å²) in [4.78, 5) is 13.5. The molecule has 0 bridgehead atoms. The molecular formula is C46H41IrN3O-2. The molecule has 0 spiro atoms. The van der Waals surface area contributed by atoms with Gasteiger partial charge in [-0.15, -0.1) is 47.5 Å². The summed E-state index contributed by atoms with van der Waals surface area (Å²) in [6.07, 6.45) is 6.65. The summed E-state index contributed by atoms with van der Waals surface area (Å²) >= 11 is 0. The van der Waals surface area contributed by atoms with E-state index in [1.165, 1.54) is 33.4 Å². The number of benzene rings is 4. The van der Waals surface area contributed by atoms with Gasteiger partial charge in [-0.3, -0.25) is 4.98 Å². The van der Waals surface area contributed by atoms with Crippen molar-refractivity contribution in [3.05, 3.63) is 150 Å². The van der Waals surface area contributed by atoms with Gasteiger partial charge in [-0.2, -0.15) is 0 Å². The standard InChI is InChI=1S/C25H28N.C21H13N2O.Ir/c1-17-7-10-22(24-13-18(2)19(3)16-26-24)14-23(17)21-11-8-20(9-12-21)15-25(4,5)6;1-13-19-14(10-12-22-13)8-9-16-15-5-4-6-17(20(15)24-21(16)19)18-7-2-3-11-23-18;/h7-9,11-14,16H,15H2,1-6H3;2-5,7-12H,1H3;/q2*-1;. The molecule has 0 aliphatic carbocycles. The minimum absolute atomic E-state index is 0. The van der Waals surface area contributed by atoms with Crippen LogP contribution in [0.5, 0.6) is 0 Å². The Hall–Kier alpha value is -4.96. The van der Waals surface area contributed by atoms with Gasteiger partial charge in [-0.1, -0.05) is 104 Å². The van der Waals surface area contributed by atoms with Crippen LogP contribution < -0.4 is 0 Å². The van der Waals surface area contributed by atoms with Gasteiger partial charge in [0.25, 0.3) is 0 Å². The van der Waals surface area contributed by atoms with Crippen LogP contribution in [0.3, 0.4) is 0 Å². The van der Waals surface area contributed by atoms with E-state index in [2.05, 4.69) is 123 Å². The third-order valence-corrected chi connectivity index (χ3v) is 9.24. The van der Waals surface area contributed by atoms with Gasteiger partial charge in [0, 0.05) is 55.2 Å². The first-order valence-electron chi connectivity index (χ1n) is 17.1. The molecule has 0 atom stereocenters. The Morgan fingerprint density at radius 1 is 0.686 bits per heavy atom. The minimum atomic E-state index is 0. The fraction of sp³-hybridized carbons (Fsp3) is 0.196. The van der Waals surface area contributed by atoms with Crippen molar-refractivity contribution in [2.24, 2.45) is 5.41 Å². The number of fused-ring (bicyclic) bond motifs is 5. The summed E-state index contributed by atoms with van der Waals surface area (Å²) in [5.74, 6) is 0. The van der Waals surface area contributed by atoms with E-state index in [0.29, 0.717) is 5.41 Å². The van der Waals surface area contributed by atoms with E-state index < -0.39 is 0 Å². The molecule has 0 aliphatic rings.